The number of benzene rings is 2. The number of aliphatic carboxylic acids is 1. The van der Waals surface area contributed by atoms with Crippen molar-refractivity contribution in [3.63, 3.8) is 0 Å². The first kappa shape index (κ1) is 28.9. The number of urea groups is 1. The van der Waals surface area contributed by atoms with Gasteiger partial charge in [-0.15, -0.1) is 0 Å². The molecule has 40 heavy (non-hydrogen) atoms. The zero-order chi connectivity index (χ0) is 28.9. The molecule has 0 aliphatic carbocycles. The van der Waals surface area contributed by atoms with Crippen LogP contribution in [0.25, 0.3) is 5.69 Å². The Morgan fingerprint density at radius 3 is 2.20 bits per heavy atom. The predicted octanol–water partition coefficient (Wildman–Crippen LogP) is 5.77. The Labute approximate surface area is 235 Å². The molecule has 1 aliphatic rings. The minimum atomic E-state index is -0.942. The highest BCUT2D eigenvalue weighted by Crippen LogP contribution is 2.27. The molecule has 9 nitrogen and oxygen atoms in total. The van der Waals surface area contributed by atoms with E-state index in [9.17, 15) is 14.4 Å². The number of carbonyl (C=O) groups excluding carboxylic acids is 2. The molecule has 1 saturated heterocycles. The Bertz CT molecular complexity index is 1330. The van der Waals surface area contributed by atoms with E-state index >= 15 is 0 Å². The molecule has 0 spiro atoms. The van der Waals surface area contributed by atoms with E-state index in [-0.39, 0.29) is 30.2 Å². The van der Waals surface area contributed by atoms with E-state index in [0.29, 0.717) is 30.5 Å². The van der Waals surface area contributed by atoms with Crippen LogP contribution in [0.1, 0.15) is 63.3 Å². The van der Waals surface area contributed by atoms with E-state index < -0.39 is 5.97 Å². The van der Waals surface area contributed by atoms with Crippen molar-refractivity contribution in [1.29, 1.82) is 0 Å². The fraction of sp³-hybridized carbons (Fsp3) is 0.419. The number of carboxylic acids is 1. The molecule has 2 aromatic carbocycles. The second kappa shape index (κ2) is 12.4. The molecule has 0 saturated carbocycles. The van der Waals surface area contributed by atoms with Crippen molar-refractivity contribution in [2.75, 3.05) is 23.7 Å². The molecular weight excluding hydrogens is 506 g/mol. The van der Waals surface area contributed by atoms with Crippen molar-refractivity contribution < 1.29 is 19.5 Å². The molecule has 1 aliphatic heterocycles. The Morgan fingerprint density at radius 2 is 1.60 bits per heavy atom. The number of carbonyl (C=O) groups is 3. The highest BCUT2D eigenvalue weighted by molar-refractivity contribution is 5.99. The maximum Gasteiger partial charge on any atom is 0.324 e. The minimum absolute atomic E-state index is 0.0636. The minimum Gasteiger partial charge on any atom is -0.481 e. The summed E-state index contributed by atoms with van der Waals surface area (Å²) in [6.45, 7) is 9.63. The lowest BCUT2D eigenvalue weighted by molar-refractivity contribution is -0.141. The van der Waals surface area contributed by atoms with Gasteiger partial charge < -0.3 is 15.3 Å². The van der Waals surface area contributed by atoms with Crippen LogP contribution in [0.4, 0.5) is 16.3 Å². The molecule has 3 aromatic rings. The van der Waals surface area contributed by atoms with Crippen LogP contribution in [0.15, 0.2) is 54.6 Å². The predicted molar refractivity (Wildman–Crippen MR) is 156 cm³/mol. The van der Waals surface area contributed by atoms with Gasteiger partial charge in [0.05, 0.1) is 17.8 Å². The molecule has 4 rings (SSSR count). The lowest BCUT2D eigenvalue weighted by Gasteiger charge is -2.32. The van der Waals surface area contributed by atoms with Gasteiger partial charge in [0, 0.05) is 36.7 Å². The fourth-order valence-corrected chi connectivity index (χ4v) is 4.81. The Hall–Kier alpha value is -4.14. The normalized spacial score (nSPS) is 14.2. The first-order valence-electron chi connectivity index (χ1n) is 13.8. The average Bonchev–Trinajstić information content (AvgIpc) is 3.33. The van der Waals surface area contributed by atoms with Gasteiger partial charge in [-0.2, -0.15) is 5.10 Å². The summed E-state index contributed by atoms with van der Waals surface area (Å²) in [6, 6.07) is 17.4. The van der Waals surface area contributed by atoms with E-state index in [1.807, 2.05) is 61.5 Å². The van der Waals surface area contributed by atoms with Crippen molar-refractivity contribution in [2.24, 2.45) is 5.92 Å². The summed E-state index contributed by atoms with van der Waals surface area (Å²) in [7, 11) is 0. The standard InChI is InChI=1S/C31H39N5O4/c1-21-5-11-25(12-6-21)36-27(20-26(34-36)31(2,3)4)33-30(40)32-24-9-7-22(8-10-24)19-23-15-17-35(18-16-23)28(37)13-14-29(38)39/h5-12,20,23H,13-19H2,1-4H3,(H,38,39)(H2,32,33,40). The quantitative estimate of drug-likeness (QED) is 0.332. The van der Waals surface area contributed by atoms with Gasteiger partial charge in [0.25, 0.3) is 0 Å². The van der Waals surface area contributed by atoms with Crippen molar-refractivity contribution in [2.45, 2.75) is 65.2 Å². The van der Waals surface area contributed by atoms with Gasteiger partial charge in [-0.25, -0.2) is 9.48 Å². The lowest BCUT2D eigenvalue weighted by atomic mass is 9.90. The number of piperidine rings is 1. The molecule has 9 heteroatoms. The molecule has 2 heterocycles. The maximum atomic E-state index is 12.9. The number of amides is 3. The zero-order valence-corrected chi connectivity index (χ0v) is 23.7. The van der Waals surface area contributed by atoms with E-state index in [2.05, 4.69) is 31.4 Å². The molecule has 1 fully saturated rings. The number of nitrogens with one attached hydrogen (secondary N) is 2. The monoisotopic (exact) mass is 545 g/mol. The second-order valence-corrected chi connectivity index (χ2v) is 11.6. The molecule has 0 bridgehead atoms. The SMILES string of the molecule is Cc1ccc(-n2nc(C(C)(C)C)cc2NC(=O)Nc2ccc(CC3CCN(C(=O)CCC(=O)O)CC3)cc2)cc1. The number of hydrogen-bond acceptors (Lipinski definition) is 4. The number of likely N-dealkylation sites (tertiary alicyclic amines) is 1. The van der Waals surface area contributed by atoms with Crippen LogP contribution in [-0.2, 0) is 21.4 Å². The van der Waals surface area contributed by atoms with Gasteiger partial charge in [0.15, 0.2) is 0 Å². The van der Waals surface area contributed by atoms with Crippen LogP contribution in [0.5, 0.6) is 0 Å². The lowest BCUT2D eigenvalue weighted by Crippen LogP contribution is -2.39. The summed E-state index contributed by atoms with van der Waals surface area (Å²) in [5, 5.41) is 19.4. The smallest absolute Gasteiger partial charge is 0.324 e. The van der Waals surface area contributed by atoms with Gasteiger partial charge in [-0.05, 0) is 61.9 Å². The summed E-state index contributed by atoms with van der Waals surface area (Å²) >= 11 is 0. The summed E-state index contributed by atoms with van der Waals surface area (Å²) in [5.41, 5.74) is 4.59. The summed E-state index contributed by atoms with van der Waals surface area (Å²) in [6.07, 6.45) is 2.63. The van der Waals surface area contributed by atoms with Gasteiger partial charge in [-0.3, -0.25) is 14.9 Å². The summed E-state index contributed by atoms with van der Waals surface area (Å²) < 4.78 is 1.76. The third kappa shape index (κ3) is 7.71. The first-order valence-corrected chi connectivity index (χ1v) is 13.8. The summed E-state index contributed by atoms with van der Waals surface area (Å²) in [4.78, 5) is 37.6. The van der Waals surface area contributed by atoms with Crippen molar-refractivity contribution in [3.8, 4) is 5.69 Å². The van der Waals surface area contributed by atoms with Crippen LogP contribution in [0.3, 0.4) is 0 Å². The maximum absolute atomic E-state index is 12.9. The number of aryl methyl sites for hydroxylation is 1. The zero-order valence-electron chi connectivity index (χ0n) is 23.7. The van der Waals surface area contributed by atoms with Gasteiger partial charge in [-0.1, -0.05) is 50.6 Å². The first-order chi connectivity index (χ1) is 19.0. The number of anilines is 2. The third-order valence-corrected chi connectivity index (χ3v) is 7.25. The molecule has 0 atom stereocenters. The van der Waals surface area contributed by atoms with Crippen LogP contribution in [0.2, 0.25) is 0 Å². The molecular formula is C31H39N5O4. The number of nitrogens with zero attached hydrogens (tertiary/aromatic N) is 3. The number of carboxylic acid groups (broad SMARTS) is 1. The van der Waals surface area contributed by atoms with Gasteiger partial charge in [0.1, 0.15) is 5.82 Å². The third-order valence-electron chi connectivity index (χ3n) is 7.25. The Balaban J connectivity index is 1.32. The topological polar surface area (TPSA) is 117 Å². The van der Waals surface area contributed by atoms with Crippen LogP contribution in [-0.4, -0.2) is 50.8 Å². The van der Waals surface area contributed by atoms with E-state index in [1.165, 1.54) is 5.56 Å². The average molecular weight is 546 g/mol. The van der Waals surface area contributed by atoms with Crippen LogP contribution in [0, 0.1) is 12.8 Å². The fourth-order valence-electron chi connectivity index (χ4n) is 4.81. The van der Waals surface area contributed by atoms with Crippen molar-refractivity contribution in [1.82, 2.24) is 14.7 Å². The van der Waals surface area contributed by atoms with Crippen molar-refractivity contribution in [3.05, 3.63) is 71.4 Å². The number of aromatic nitrogens is 2. The highest BCUT2D eigenvalue weighted by atomic mass is 16.4. The van der Waals surface area contributed by atoms with Crippen molar-refractivity contribution >= 4 is 29.4 Å². The highest BCUT2D eigenvalue weighted by Gasteiger charge is 2.24. The molecule has 212 valence electrons. The Morgan fingerprint density at radius 1 is 0.950 bits per heavy atom. The molecule has 0 unspecified atom stereocenters. The Kier molecular flexibility index (Phi) is 8.92. The molecule has 1 aromatic heterocycles. The number of rotatable bonds is 8. The molecule has 3 N–H and O–H groups in total. The molecule has 3 amide bonds. The van der Waals surface area contributed by atoms with E-state index in [1.54, 1.807) is 9.58 Å². The largest absolute Gasteiger partial charge is 0.481 e. The summed E-state index contributed by atoms with van der Waals surface area (Å²) in [5.74, 6) is 0.0358. The molecule has 0 radical (unpaired) electrons. The van der Waals surface area contributed by atoms with Crippen LogP contribution >= 0.6 is 0 Å². The van der Waals surface area contributed by atoms with E-state index in [4.69, 9.17) is 10.2 Å². The number of hydrogen-bond donors (Lipinski definition) is 3. The van der Waals surface area contributed by atoms with Gasteiger partial charge in [0.2, 0.25) is 5.91 Å². The second-order valence-electron chi connectivity index (χ2n) is 11.6. The van der Waals surface area contributed by atoms with Crippen LogP contribution < -0.4 is 10.6 Å². The van der Waals surface area contributed by atoms with E-state index in [0.717, 1.165) is 36.2 Å². The van der Waals surface area contributed by atoms with Gasteiger partial charge >= 0.3 is 12.0 Å².